The molecule has 2 N–H and O–H groups in total. The molecule has 0 aliphatic heterocycles. The predicted octanol–water partition coefficient (Wildman–Crippen LogP) is 3.06. The van der Waals surface area contributed by atoms with E-state index in [4.69, 9.17) is 0 Å². The Balaban J connectivity index is 2.01. The Bertz CT molecular complexity index is 617. The molecule has 0 fully saturated rings. The molecule has 0 bridgehead atoms. The lowest BCUT2D eigenvalue weighted by molar-refractivity contribution is 1.11. The van der Waals surface area contributed by atoms with Gasteiger partial charge >= 0.3 is 0 Å². The van der Waals surface area contributed by atoms with Crippen molar-refractivity contribution in [3.63, 3.8) is 0 Å². The van der Waals surface area contributed by atoms with Crippen molar-refractivity contribution < 1.29 is 0 Å². The maximum atomic E-state index is 4.27. The molecule has 0 radical (unpaired) electrons. The lowest BCUT2D eigenvalue weighted by Gasteiger charge is -1.88. The van der Waals surface area contributed by atoms with Crippen molar-refractivity contribution in [1.82, 2.24) is 15.2 Å². The van der Waals surface area contributed by atoms with Gasteiger partial charge in [0, 0.05) is 17.3 Å². The van der Waals surface area contributed by atoms with Crippen LogP contribution in [0.2, 0.25) is 0 Å². The van der Waals surface area contributed by atoms with Gasteiger partial charge in [0.15, 0.2) is 0 Å². The number of para-hydroxylation sites is 1. The largest absolute Gasteiger partial charge is 0.362 e. The topological polar surface area (TPSA) is 44.5 Å². The lowest BCUT2D eigenvalue weighted by atomic mass is 10.2. The van der Waals surface area contributed by atoms with Gasteiger partial charge in [0.2, 0.25) is 0 Å². The summed E-state index contributed by atoms with van der Waals surface area (Å²) in [5.74, 6) is 0. The molecule has 0 aliphatic carbocycles. The van der Waals surface area contributed by atoms with E-state index in [0.29, 0.717) is 0 Å². The Labute approximate surface area is 92.8 Å². The average molecular weight is 209 g/mol. The monoisotopic (exact) mass is 209 g/mol. The fourth-order valence-electron chi connectivity index (χ4n) is 1.73. The smallest absolute Gasteiger partial charge is 0.0927 e. The molecule has 0 saturated heterocycles. The third-order valence-corrected chi connectivity index (χ3v) is 2.54. The van der Waals surface area contributed by atoms with Crippen molar-refractivity contribution in [1.29, 1.82) is 0 Å². The Kier molecular flexibility index (Phi) is 2.07. The highest BCUT2D eigenvalue weighted by atomic mass is 15.1. The molecular formula is C13H11N3. The first-order valence-corrected chi connectivity index (χ1v) is 5.18. The zero-order chi connectivity index (χ0) is 10.8. The first-order chi connectivity index (χ1) is 7.93. The first-order valence-electron chi connectivity index (χ1n) is 5.18. The van der Waals surface area contributed by atoms with Gasteiger partial charge in [0.05, 0.1) is 11.2 Å². The van der Waals surface area contributed by atoms with Crippen molar-refractivity contribution in [2.45, 2.75) is 0 Å². The summed E-state index contributed by atoms with van der Waals surface area (Å²) in [7, 11) is 0. The van der Waals surface area contributed by atoms with Gasteiger partial charge in [-0.05, 0) is 30.4 Å². The van der Waals surface area contributed by atoms with E-state index in [9.17, 15) is 0 Å². The molecule has 0 aliphatic rings. The van der Waals surface area contributed by atoms with E-state index < -0.39 is 0 Å². The number of benzene rings is 1. The highest BCUT2D eigenvalue weighted by Gasteiger charge is 2.00. The number of nitrogens with one attached hydrogen (secondary N) is 2. The Morgan fingerprint density at radius 2 is 1.94 bits per heavy atom. The van der Waals surface area contributed by atoms with E-state index in [2.05, 4.69) is 21.2 Å². The molecule has 78 valence electrons. The van der Waals surface area contributed by atoms with Crippen LogP contribution in [0.5, 0.6) is 0 Å². The van der Waals surface area contributed by atoms with Crippen molar-refractivity contribution in [3.8, 4) is 0 Å². The number of rotatable bonds is 2. The zero-order valence-electron chi connectivity index (χ0n) is 8.64. The van der Waals surface area contributed by atoms with Gasteiger partial charge in [-0.3, -0.25) is 5.10 Å². The van der Waals surface area contributed by atoms with Crippen molar-refractivity contribution in [2.24, 2.45) is 0 Å². The van der Waals surface area contributed by atoms with E-state index in [-0.39, 0.29) is 0 Å². The molecule has 3 nitrogen and oxygen atoms in total. The minimum Gasteiger partial charge on any atom is -0.362 e. The molecule has 3 rings (SSSR count). The van der Waals surface area contributed by atoms with Crippen LogP contribution in [0, 0.1) is 0 Å². The van der Waals surface area contributed by atoms with Crippen LogP contribution >= 0.6 is 0 Å². The summed E-state index contributed by atoms with van der Waals surface area (Å²) in [6, 6.07) is 12.1. The third-order valence-electron chi connectivity index (χ3n) is 2.54. The molecule has 2 heterocycles. The van der Waals surface area contributed by atoms with Crippen LogP contribution in [0.3, 0.4) is 0 Å². The molecule has 0 atom stereocenters. The van der Waals surface area contributed by atoms with Crippen LogP contribution in [0.4, 0.5) is 0 Å². The number of fused-ring (bicyclic) bond motifs is 1. The molecule has 0 saturated carbocycles. The number of aromatic nitrogens is 3. The second-order valence-electron chi connectivity index (χ2n) is 3.61. The minimum atomic E-state index is 0.963. The quantitative estimate of drug-likeness (QED) is 0.669. The molecule has 3 aromatic rings. The van der Waals surface area contributed by atoms with Crippen LogP contribution in [0.15, 0.2) is 42.6 Å². The maximum Gasteiger partial charge on any atom is 0.0927 e. The number of H-pyrrole nitrogens is 2. The van der Waals surface area contributed by atoms with Gasteiger partial charge in [0.1, 0.15) is 0 Å². The summed E-state index contributed by atoms with van der Waals surface area (Å²) < 4.78 is 0. The number of aromatic amines is 2. The molecular weight excluding hydrogens is 198 g/mol. The molecule has 0 unspecified atom stereocenters. The van der Waals surface area contributed by atoms with Crippen LogP contribution < -0.4 is 0 Å². The van der Waals surface area contributed by atoms with Gasteiger partial charge in [0.25, 0.3) is 0 Å². The summed E-state index contributed by atoms with van der Waals surface area (Å²) in [4.78, 5) is 3.12. The molecule has 16 heavy (non-hydrogen) atoms. The molecule has 1 aromatic carbocycles. The second-order valence-corrected chi connectivity index (χ2v) is 3.61. The van der Waals surface area contributed by atoms with E-state index in [1.54, 1.807) is 0 Å². The minimum absolute atomic E-state index is 0.963. The van der Waals surface area contributed by atoms with E-state index in [1.165, 1.54) is 0 Å². The van der Waals surface area contributed by atoms with E-state index in [1.807, 2.05) is 48.7 Å². The first kappa shape index (κ1) is 8.97. The fraction of sp³-hybridized carbons (Fsp3) is 0. The normalized spacial score (nSPS) is 11.5. The summed E-state index contributed by atoms with van der Waals surface area (Å²) in [6.45, 7) is 0. The van der Waals surface area contributed by atoms with Crippen molar-refractivity contribution >= 4 is 23.1 Å². The Morgan fingerprint density at radius 3 is 2.81 bits per heavy atom. The third kappa shape index (κ3) is 1.52. The van der Waals surface area contributed by atoms with Crippen molar-refractivity contribution in [3.05, 3.63) is 54.0 Å². The summed E-state index contributed by atoms with van der Waals surface area (Å²) >= 11 is 0. The highest BCUT2D eigenvalue weighted by molar-refractivity contribution is 5.88. The lowest BCUT2D eigenvalue weighted by Crippen LogP contribution is -1.73. The highest BCUT2D eigenvalue weighted by Crippen LogP contribution is 2.16. The van der Waals surface area contributed by atoms with Crippen LogP contribution in [0.25, 0.3) is 23.1 Å². The van der Waals surface area contributed by atoms with Crippen molar-refractivity contribution in [2.75, 3.05) is 0 Å². The average Bonchev–Trinajstić information content (AvgIpc) is 2.96. The Morgan fingerprint density at radius 1 is 1.00 bits per heavy atom. The van der Waals surface area contributed by atoms with Crippen LogP contribution in [0.1, 0.15) is 11.4 Å². The molecule has 3 heteroatoms. The van der Waals surface area contributed by atoms with Gasteiger partial charge in [-0.2, -0.15) is 5.10 Å². The number of hydrogen-bond acceptors (Lipinski definition) is 1. The summed E-state index contributed by atoms with van der Waals surface area (Å²) in [5, 5.41) is 8.42. The van der Waals surface area contributed by atoms with Gasteiger partial charge < -0.3 is 4.98 Å². The van der Waals surface area contributed by atoms with Gasteiger partial charge in [-0.15, -0.1) is 0 Å². The van der Waals surface area contributed by atoms with Crippen LogP contribution in [-0.4, -0.2) is 15.2 Å². The number of nitrogens with zero attached hydrogens (tertiary/aromatic N) is 1. The number of hydrogen-bond donors (Lipinski definition) is 2. The zero-order valence-corrected chi connectivity index (χ0v) is 8.64. The fourth-order valence-corrected chi connectivity index (χ4v) is 1.73. The van der Waals surface area contributed by atoms with E-state index >= 15 is 0 Å². The molecule has 0 spiro atoms. The molecule has 2 aromatic heterocycles. The van der Waals surface area contributed by atoms with Crippen LogP contribution in [-0.2, 0) is 0 Å². The summed E-state index contributed by atoms with van der Waals surface area (Å²) in [6.07, 6.45) is 5.93. The SMILES string of the molecule is C(=C\c1n[nH]c2ccccc12)/c1ccc[nH]1. The Hall–Kier alpha value is -2.29. The second kappa shape index (κ2) is 3.70. The predicted molar refractivity (Wildman–Crippen MR) is 65.8 cm³/mol. The standard InChI is InChI=1S/C13H11N3/c1-2-6-12-11(5-1)13(16-15-12)8-7-10-4-3-9-14-10/h1-9,14H,(H,15,16)/b8-7+. The summed E-state index contributed by atoms with van der Waals surface area (Å²) in [5.41, 5.74) is 3.10. The molecule has 0 amide bonds. The maximum absolute atomic E-state index is 4.27. The van der Waals surface area contributed by atoms with Gasteiger partial charge in [-0.25, -0.2) is 0 Å². The van der Waals surface area contributed by atoms with E-state index in [0.717, 1.165) is 22.3 Å². The van der Waals surface area contributed by atoms with Gasteiger partial charge in [-0.1, -0.05) is 18.2 Å².